The van der Waals surface area contributed by atoms with Gasteiger partial charge >= 0.3 is 5.97 Å². The van der Waals surface area contributed by atoms with Crippen LogP contribution in [0.1, 0.15) is 30.7 Å². The third-order valence-corrected chi connectivity index (χ3v) is 9.94. The largest absolute Gasteiger partial charge is 0.477 e. The molecular formula is C36H25F2N7O3S2. The van der Waals surface area contributed by atoms with Gasteiger partial charge in [-0.05, 0) is 62.4 Å². The minimum atomic E-state index is -1.13. The van der Waals surface area contributed by atoms with Crippen molar-refractivity contribution in [1.82, 2.24) is 29.2 Å². The number of nitrogens with two attached hydrogens (primary N) is 1. The van der Waals surface area contributed by atoms with Crippen LogP contribution in [0.3, 0.4) is 0 Å². The van der Waals surface area contributed by atoms with Gasteiger partial charge in [-0.3, -0.25) is 4.79 Å². The highest BCUT2D eigenvalue weighted by molar-refractivity contribution is 7.17. The molecule has 0 saturated heterocycles. The molecule has 8 rings (SSSR count). The third-order valence-electron chi connectivity index (χ3n) is 7.79. The van der Waals surface area contributed by atoms with Gasteiger partial charge in [0, 0.05) is 23.5 Å². The monoisotopic (exact) mass is 705 g/mol. The van der Waals surface area contributed by atoms with E-state index < -0.39 is 23.5 Å². The van der Waals surface area contributed by atoms with Crippen molar-refractivity contribution in [2.75, 3.05) is 0 Å². The Labute approximate surface area is 290 Å². The molecule has 0 unspecified atom stereocenters. The molecule has 0 spiro atoms. The number of aryl methyl sites for hydroxylation is 2. The number of hydrogen-bond donors (Lipinski definition) is 2. The van der Waals surface area contributed by atoms with Crippen molar-refractivity contribution in [2.45, 2.75) is 13.8 Å². The van der Waals surface area contributed by atoms with E-state index in [-0.39, 0.29) is 32.3 Å². The zero-order chi connectivity index (χ0) is 35.1. The molecule has 1 amide bonds. The molecule has 0 fully saturated rings. The number of aromatic carboxylic acids is 1. The number of carboxylic acid groups (broad SMARTS) is 1. The van der Waals surface area contributed by atoms with Crippen molar-refractivity contribution in [3.8, 4) is 43.7 Å². The molecule has 10 nitrogen and oxygen atoms in total. The quantitative estimate of drug-likeness (QED) is 0.179. The molecule has 2 aromatic carbocycles. The molecule has 0 saturated carbocycles. The number of carboxylic acids is 1. The van der Waals surface area contributed by atoms with Crippen molar-refractivity contribution < 1.29 is 23.5 Å². The van der Waals surface area contributed by atoms with Gasteiger partial charge in [-0.25, -0.2) is 32.6 Å². The number of benzene rings is 2. The molecule has 0 bridgehead atoms. The summed E-state index contributed by atoms with van der Waals surface area (Å²) in [4.78, 5) is 32.8. The fourth-order valence-corrected chi connectivity index (χ4v) is 7.66. The Hall–Kier alpha value is -6.12. The number of nitrogens with zero attached hydrogens (tertiary/aromatic N) is 6. The number of carbonyl (C=O) groups is 2. The van der Waals surface area contributed by atoms with E-state index in [9.17, 15) is 23.5 Å². The summed E-state index contributed by atoms with van der Waals surface area (Å²) < 4.78 is 31.8. The second-order valence-corrected chi connectivity index (χ2v) is 13.0. The number of rotatable bonds is 6. The summed E-state index contributed by atoms with van der Waals surface area (Å²) >= 11 is 2.18. The van der Waals surface area contributed by atoms with E-state index in [4.69, 9.17) is 5.73 Å². The molecule has 6 heterocycles. The topological polar surface area (TPSA) is 141 Å². The zero-order valence-electron chi connectivity index (χ0n) is 26.3. The van der Waals surface area contributed by atoms with E-state index in [1.165, 1.54) is 18.2 Å². The Kier molecular flexibility index (Phi) is 8.47. The lowest BCUT2D eigenvalue weighted by Crippen LogP contribution is -2.10. The molecule has 3 N–H and O–H groups in total. The Bertz CT molecular complexity index is 2410. The normalized spacial score (nSPS) is 11.1. The zero-order valence-corrected chi connectivity index (χ0v) is 28.0. The molecule has 0 aliphatic carbocycles. The van der Waals surface area contributed by atoms with Gasteiger partial charge in [0.15, 0.2) is 0 Å². The predicted octanol–water partition coefficient (Wildman–Crippen LogP) is 7.94. The average molecular weight is 706 g/mol. The summed E-state index contributed by atoms with van der Waals surface area (Å²) in [6.45, 7) is 3.71. The average Bonchev–Trinajstić information content (AvgIpc) is 3.87. The van der Waals surface area contributed by atoms with Gasteiger partial charge in [0.25, 0.3) is 5.91 Å². The van der Waals surface area contributed by atoms with E-state index in [1.807, 2.05) is 62.6 Å². The van der Waals surface area contributed by atoms with Crippen molar-refractivity contribution in [1.29, 1.82) is 0 Å². The van der Waals surface area contributed by atoms with E-state index in [1.54, 1.807) is 39.4 Å². The Balaban J connectivity index is 0.000000157. The van der Waals surface area contributed by atoms with Crippen molar-refractivity contribution in [3.05, 3.63) is 130 Å². The number of halogens is 2. The van der Waals surface area contributed by atoms with Crippen molar-refractivity contribution >= 4 is 45.6 Å². The molecule has 0 aliphatic heterocycles. The second-order valence-electron chi connectivity index (χ2n) is 11.0. The van der Waals surface area contributed by atoms with E-state index in [2.05, 4.69) is 20.2 Å². The van der Waals surface area contributed by atoms with Gasteiger partial charge in [0.05, 0.1) is 44.9 Å². The summed E-state index contributed by atoms with van der Waals surface area (Å²) in [5.41, 5.74) is 11.1. The van der Waals surface area contributed by atoms with Crippen LogP contribution in [0.15, 0.2) is 97.3 Å². The van der Waals surface area contributed by atoms with Crippen LogP contribution in [0.25, 0.3) is 54.7 Å². The maximum absolute atomic E-state index is 14.2. The van der Waals surface area contributed by atoms with Gasteiger partial charge in [0.1, 0.15) is 31.4 Å². The minimum absolute atomic E-state index is 0.00906. The number of fused-ring (bicyclic) bond motifs is 2. The number of aromatic nitrogens is 6. The second kappa shape index (κ2) is 13.1. The molecule has 248 valence electrons. The Morgan fingerprint density at radius 1 is 0.660 bits per heavy atom. The highest BCUT2D eigenvalue weighted by Gasteiger charge is 2.25. The van der Waals surface area contributed by atoms with Gasteiger partial charge in [-0.15, -0.1) is 22.7 Å². The first-order valence-corrected chi connectivity index (χ1v) is 16.7. The number of thiazole rings is 2. The lowest BCUT2D eigenvalue weighted by atomic mass is 10.1. The Morgan fingerprint density at radius 3 is 1.52 bits per heavy atom. The van der Waals surface area contributed by atoms with Crippen molar-refractivity contribution in [2.24, 2.45) is 5.73 Å². The summed E-state index contributed by atoms with van der Waals surface area (Å²) in [5.74, 6) is -2.70. The lowest BCUT2D eigenvalue weighted by Gasteiger charge is -2.00. The van der Waals surface area contributed by atoms with Gasteiger partial charge in [-0.1, -0.05) is 36.4 Å². The lowest BCUT2D eigenvalue weighted by molar-refractivity contribution is 0.0702. The molecule has 8 aromatic rings. The van der Waals surface area contributed by atoms with Crippen LogP contribution in [0.4, 0.5) is 8.78 Å². The number of hydrogen-bond acceptors (Lipinski definition) is 8. The maximum Gasteiger partial charge on any atom is 0.348 e. The van der Waals surface area contributed by atoms with Crippen LogP contribution in [-0.4, -0.2) is 46.2 Å². The number of amides is 1. The van der Waals surface area contributed by atoms with Crippen LogP contribution < -0.4 is 5.73 Å². The molecule has 6 aromatic heterocycles. The number of pyridine rings is 2. The van der Waals surface area contributed by atoms with E-state index in [0.29, 0.717) is 10.0 Å². The summed E-state index contributed by atoms with van der Waals surface area (Å²) in [5, 5.41) is 19.5. The maximum atomic E-state index is 14.2. The van der Waals surface area contributed by atoms with Crippen LogP contribution in [0.5, 0.6) is 0 Å². The molecule has 0 aliphatic rings. The Morgan fingerprint density at radius 2 is 1.08 bits per heavy atom. The molecular weight excluding hydrogens is 681 g/mol. The predicted molar refractivity (Wildman–Crippen MR) is 188 cm³/mol. The van der Waals surface area contributed by atoms with Crippen molar-refractivity contribution in [3.63, 3.8) is 0 Å². The minimum Gasteiger partial charge on any atom is -0.477 e. The van der Waals surface area contributed by atoms with Crippen LogP contribution in [0.2, 0.25) is 0 Å². The first-order valence-electron chi connectivity index (χ1n) is 15.1. The summed E-state index contributed by atoms with van der Waals surface area (Å²) in [6.07, 6.45) is 3.65. The third kappa shape index (κ3) is 5.80. The first kappa shape index (κ1) is 32.4. The van der Waals surface area contributed by atoms with Gasteiger partial charge in [0.2, 0.25) is 0 Å². The molecule has 0 atom stereocenters. The number of carbonyl (C=O) groups excluding carboxylic acids is 1. The SMILES string of the molecule is Cc1nn2ccccc2c1-c1nc(-c2ccccc2F)c(C(=O)O)s1.Cc1nn2ccccc2c1-c1nc(-c2ccccc2F)c(C(N)=O)s1. The van der Waals surface area contributed by atoms with Crippen LogP contribution >= 0.6 is 22.7 Å². The van der Waals surface area contributed by atoms with E-state index in [0.717, 1.165) is 56.2 Å². The fraction of sp³-hybridized carbons (Fsp3) is 0.0556. The molecule has 14 heteroatoms. The highest BCUT2D eigenvalue weighted by atomic mass is 32.1. The molecule has 0 radical (unpaired) electrons. The van der Waals surface area contributed by atoms with Gasteiger partial charge in [-0.2, -0.15) is 10.2 Å². The highest BCUT2D eigenvalue weighted by Crippen LogP contribution is 2.39. The molecule has 50 heavy (non-hydrogen) atoms. The van der Waals surface area contributed by atoms with Crippen LogP contribution in [-0.2, 0) is 0 Å². The fourth-order valence-electron chi connectivity index (χ4n) is 5.60. The first-order chi connectivity index (χ1) is 24.1. The smallest absolute Gasteiger partial charge is 0.348 e. The van der Waals surface area contributed by atoms with E-state index >= 15 is 0 Å². The van der Waals surface area contributed by atoms with Crippen LogP contribution in [0, 0.1) is 25.5 Å². The van der Waals surface area contributed by atoms with Gasteiger partial charge < -0.3 is 10.8 Å². The number of primary amides is 1. The standard InChI is InChI=1S/C18H13FN4OS.C18H12FN3O2S/c1-10-14(13-8-4-5-9-23(13)22-10)18-21-15(16(25-18)17(20)24)11-6-2-3-7-12(11)19;1-10-14(13-8-4-5-9-22(13)21-10)17-20-15(16(25-17)18(23)24)11-6-2-3-7-12(11)19/h2-9H,1H3,(H2,20,24);2-9H,1H3,(H,23,24). The summed E-state index contributed by atoms with van der Waals surface area (Å²) in [7, 11) is 0. The summed E-state index contributed by atoms with van der Waals surface area (Å²) in [6, 6.07) is 23.6.